The Morgan fingerprint density at radius 1 is 1.21 bits per heavy atom. The molecule has 19 heavy (non-hydrogen) atoms. The number of piperidine rings is 1. The van der Waals surface area contributed by atoms with Crippen LogP contribution in [-0.4, -0.2) is 48.3 Å². The molecule has 4 atom stereocenters. The van der Waals surface area contributed by atoms with E-state index in [9.17, 15) is 0 Å². The summed E-state index contributed by atoms with van der Waals surface area (Å²) in [4.78, 5) is 2.82. The SMILES string of the molecule is CCCNC1CC2CCC(C1)N2C(C)C1CCCO1. The predicted octanol–water partition coefficient (Wildman–Crippen LogP) is 2.55. The van der Waals surface area contributed by atoms with Crippen LogP contribution < -0.4 is 5.32 Å². The summed E-state index contributed by atoms with van der Waals surface area (Å²) in [7, 11) is 0. The predicted molar refractivity (Wildman–Crippen MR) is 78.4 cm³/mol. The van der Waals surface area contributed by atoms with E-state index in [2.05, 4.69) is 24.1 Å². The van der Waals surface area contributed by atoms with E-state index in [1.807, 2.05) is 0 Å². The van der Waals surface area contributed by atoms with Gasteiger partial charge in [-0.1, -0.05) is 6.92 Å². The maximum atomic E-state index is 5.93. The van der Waals surface area contributed by atoms with Gasteiger partial charge in [0, 0.05) is 30.8 Å². The van der Waals surface area contributed by atoms with Crippen molar-refractivity contribution in [2.45, 2.75) is 89.1 Å². The molecule has 0 aliphatic carbocycles. The summed E-state index contributed by atoms with van der Waals surface area (Å²) in [6.45, 7) is 6.83. The van der Waals surface area contributed by atoms with Gasteiger partial charge in [-0.3, -0.25) is 4.90 Å². The first-order valence-electron chi connectivity index (χ1n) is 8.42. The minimum Gasteiger partial charge on any atom is -0.377 e. The van der Waals surface area contributed by atoms with Gasteiger partial charge < -0.3 is 10.1 Å². The standard InChI is InChI=1S/C16H30N2O/c1-3-8-17-13-10-14-6-7-15(11-13)18(14)12(2)16-5-4-9-19-16/h12-17H,3-11H2,1-2H3. The third-order valence-electron chi connectivity index (χ3n) is 5.45. The van der Waals surface area contributed by atoms with Crippen LogP contribution in [-0.2, 0) is 4.74 Å². The largest absolute Gasteiger partial charge is 0.377 e. The van der Waals surface area contributed by atoms with Crippen molar-refractivity contribution in [3.8, 4) is 0 Å². The summed E-state index contributed by atoms with van der Waals surface area (Å²) in [5, 5.41) is 3.74. The monoisotopic (exact) mass is 266 g/mol. The smallest absolute Gasteiger partial charge is 0.0728 e. The van der Waals surface area contributed by atoms with Gasteiger partial charge in [0.05, 0.1) is 6.10 Å². The molecule has 0 aromatic carbocycles. The Kier molecular flexibility index (Phi) is 4.45. The van der Waals surface area contributed by atoms with Crippen LogP contribution in [0.4, 0.5) is 0 Å². The summed E-state index contributed by atoms with van der Waals surface area (Å²) in [6, 6.07) is 3.03. The van der Waals surface area contributed by atoms with Gasteiger partial charge in [-0.2, -0.15) is 0 Å². The number of nitrogens with zero attached hydrogens (tertiary/aromatic N) is 1. The lowest BCUT2D eigenvalue weighted by atomic mass is 9.94. The van der Waals surface area contributed by atoms with Crippen LogP contribution in [0.25, 0.3) is 0 Å². The van der Waals surface area contributed by atoms with Crippen LogP contribution in [0.1, 0.15) is 58.8 Å². The number of nitrogens with one attached hydrogen (secondary N) is 1. The molecule has 3 rings (SSSR count). The van der Waals surface area contributed by atoms with Crippen molar-refractivity contribution in [2.75, 3.05) is 13.2 Å². The van der Waals surface area contributed by atoms with Crippen LogP contribution in [0.2, 0.25) is 0 Å². The number of hydrogen-bond donors (Lipinski definition) is 1. The minimum atomic E-state index is 0.503. The molecule has 3 heteroatoms. The minimum absolute atomic E-state index is 0.503. The molecule has 1 N–H and O–H groups in total. The average Bonchev–Trinajstić information content (AvgIpc) is 3.03. The molecular weight excluding hydrogens is 236 g/mol. The summed E-state index contributed by atoms with van der Waals surface area (Å²) in [6.07, 6.45) is 9.82. The Balaban J connectivity index is 1.59. The number of fused-ring (bicyclic) bond motifs is 2. The van der Waals surface area contributed by atoms with E-state index in [4.69, 9.17) is 4.74 Å². The van der Waals surface area contributed by atoms with Crippen LogP contribution in [0.3, 0.4) is 0 Å². The van der Waals surface area contributed by atoms with Crippen molar-refractivity contribution in [3.05, 3.63) is 0 Å². The first kappa shape index (κ1) is 13.8. The lowest BCUT2D eigenvalue weighted by Crippen LogP contribution is -2.55. The molecule has 0 saturated carbocycles. The van der Waals surface area contributed by atoms with Crippen molar-refractivity contribution in [2.24, 2.45) is 0 Å². The molecule has 0 radical (unpaired) electrons. The lowest BCUT2D eigenvalue weighted by Gasteiger charge is -2.44. The molecule has 3 aliphatic heterocycles. The fourth-order valence-corrected chi connectivity index (χ4v) is 4.57. The zero-order valence-electron chi connectivity index (χ0n) is 12.6. The van der Waals surface area contributed by atoms with Gasteiger partial charge in [-0.15, -0.1) is 0 Å². The number of ether oxygens (including phenoxy) is 1. The highest BCUT2D eigenvalue weighted by Gasteiger charge is 2.44. The van der Waals surface area contributed by atoms with E-state index in [0.29, 0.717) is 12.1 Å². The molecule has 110 valence electrons. The van der Waals surface area contributed by atoms with Crippen LogP contribution >= 0.6 is 0 Å². The first-order chi connectivity index (χ1) is 9.29. The molecular formula is C16H30N2O. The Labute approximate surface area is 118 Å². The Morgan fingerprint density at radius 3 is 2.53 bits per heavy atom. The molecule has 3 saturated heterocycles. The zero-order valence-corrected chi connectivity index (χ0v) is 12.6. The van der Waals surface area contributed by atoms with E-state index in [1.54, 1.807) is 0 Å². The molecule has 0 spiro atoms. The van der Waals surface area contributed by atoms with E-state index >= 15 is 0 Å². The van der Waals surface area contributed by atoms with Crippen molar-refractivity contribution < 1.29 is 4.74 Å². The Hall–Kier alpha value is -0.120. The fraction of sp³-hybridized carbons (Fsp3) is 1.00. The summed E-state index contributed by atoms with van der Waals surface area (Å²) in [5.41, 5.74) is 0. The van der Waals surface area contributed by atoms with Gasteiger partial charge in [0.2, 0.25) is 0 Å². The molecule has 2 bridgehead atoms. The first-order valence-corrected chi connectivity index (χ1v) is 8.42. The Morgan fingerprint density at radius 2 is 1.95 bits per heavy atom. The van der Waals surface area contributed by atoms with Gasteiger partial charge >= 0.3 is 0 Å². The second-order valence-corrected chi connectivity index (χ2v) is 6.75. The fourth-order valence-electron chi connectivity index (χ4n) is 4.57. The quantitative estimate of drug-likeness (QED) is 0.827. The van der Waals surface area contributed by atoms with Crippen LogP contribution in [0.15, 0.2) is 0 Å². The van der Waals surface area contributed by atoms with Crippen molar-refractivity contribution in [3.63, 3.8) is 0 Å². The average molecular weight is 266 g/mol. The zero-order chi connectivity index (χ0) is 13.2. The van der Waals surface area contributed by atoms with Crippen LogP contribution in [0.5, 0.6) is 0 Å². The maximum Gasteiger partial charge on any atom is 0.0728 e. The summed E-state index contributed by atoms with van der Waals surface area (Å²) in [5.74, 6) is 0. The second-order valence-electron chi connectivity index (χ2n) is 6.75. The molecule has 3 aliphatic rings. The van der Waals surface area contributed by atoms with E-state index in [0.717, 1.165) is 24.7 Å². The topological polar surface area (TPSA) is 24.5 Å². The van der Waals surface area contributed by atoms with Gasteiger partial charge in [0.1, 0.15) is 0 Å². The number of rotatable bonds is 5. The third-order valence-corrected chi connectivity index (χ3v) is 5.45. The van der Waals surface area contributed by atoms with Crippen LogP contribution in [0, 0.1) is 0 Å². The van der Waals surface area contributed by atoms with Crippen molar-refractivity contribution in [1.29, 1.82) is 0 Å². The summed E-state index contributed by atoms with van der Waals surface area (Å²) >= 11 is 0. The highest BCUT2D eigenvalue weighted by atomic mass is 16.5. The lowest BCUT2D eigenvalue weighted by molar-refractivity contribution is -0.0100. The van der Waals surface area contributed by atoms with E-state index < -0.39 is 0 Å². The molecule has 0 aromatic heterocycles. The second kappa shape index (κ2) is 6.11. The molecule has 3 nitrogen and oxygen atoms in total. The van der Waals surface area contributed by atoms with E-state index in [-0.39, 0.29) is 0 Å². The van der Waals surface area contributed by atoms with Gasteiger partial charge in [0.15, 0.2) is 0 Å². The molecule has 0 aromatic rings. The summed E-state index contributed by atoms with van der Waals surface area (Å²) < 4.78 is 5.93. The molecule has 4 unspecified atom stereocenters. The third kappa shape index (κ3) is 2.84. The highest BCUT2D eigenvalue weighted by Crippen LogP contribution is 2.39. The van der Waals surface area contributed by atoms with E-state index in [1.165, 1.54) is 51.5 Å². The Bertz CT molecular complexity index is 276. The molecule has 0 amide bonds. The van der Waals surface area contributed by atoms with Gasteiger partial charge in [0.25, 0.3) is 0 Å². The normalized spacial score (nSPS) is 40.7. The highest BCUT2D eigenvalue weighted by molar-refractivity contribution is 5.01. The molecule has 3 fully saturated rings. The van der Waals surface area contributed by atoms with Gasteiger partial charge in [-0.05, 0) is 58.4 Å². The van der Waals surface area contributed by atoms with Gasteiger partial charge in [-0.25, -0.2) is 0 Å². The number of hydrogen-bond acceptors (Lipinski definition) is 3. The van der Waals surface area contributed by atoms with Crippen molar-refractivity contribution >= 4 is 0 Å². The van der Waals surface area contributed by atoms with Crippen molar-refractivity contribution in [1.82, 2.24) is 10.2 Å². The maximum absolute atomic E-state index is 5.93. The molecule has 3 heterocycles.